The summed E-state index contributed by atoms with van der Waals surface area (Å²) in [4.78, 5) is 29.5. The van der Waals surface area contributed by atoms with Crippen molar-refractivity contribution >= 4 is 34.2 Å². The number of aromatic nitrogens is 2. The number of aliphatic imine (C=N–C) groups is 1. The molecular weight excluding hydrogens is 362 g/mol. The molecule has 0 radical (unpaired) electrons. The number of rotatable bonds is 4. The van der Waals surface area contributed by atoms with Crippen molar-refractivity contribution in [2.75, 3.05) is 37.0 Å². The van der Waals surface area contributed by atoms with Crippen LogP contribution in [-0.2, 0) is 16.1 Å². The molecule has 2 aliphatic heterocycles. The molecule has 0 N–H and O–H groups in total. The van der Waals surface area contributed by atoms with Crippen molar-refractivity contribution < 1.29 is 9.53 Å². The minimum Gasteiger partial charge on any atom is -0.378 e. The molecule has 0 saturated carbocycles. The second kappa shape index (κ2) is 8.06. The fraction of sp³-hybridized carbons (Fsp3) is 0.368. The molecular formula is C19H21N5O2S. The smallest absolute Gasteiger partial charge is 0.239 e. The maximum absolute atomic E-state index is 12.3. The molecule has 27 heavy (non-hydrogen) atoms. The molecule has 1 aromatic carbocycles. The van der Waals surface area contributed by atoms with E-state index in [4.69, 9.17) is 4.74 Å². The number of aryl methyl sites for hydroxylation is 1. The van der Waals surface area contributed by atoms with Crippen molar-refractivity contribution in [2.24, 2.45) is 4.99 Å². The SMILES string of the molecule is Cc1cnc(CN2C(=O)CSC2=Nc2ccc(N3CCOCC3)cc2)cn1. The van der Waals surface area contributed by atoms with Crippen LogP contribution in [0.4, 0.5) is 11.4 Å². The van der Waals surface area contributed by atoms with Gasteiger partial charge in [0.25, 0.3) is 0 Å². The third-order valence-electron chi connectivity index (χ3n) is 4.46. The number of hydrogen-bond acceptors (Lipinski definition) is 7. The summed E-state index contributed by atoms with van der Waals surface area (Å²) >= 11 is 1.46. The van der Waals surface area contributed by atoms with Gasteiger partial charge in [0.2, 0.25) is 5.91 Å². The van der Waals surface area contributed by atoms with Gasteiger partial charge in [0, 0.05) is 25.0 Å². The largest absolute Gasteiger partial charge is 0.378 e. The lowest BCUT2D eigenvalue weighted by atomic mass is 10.2. The molecule has 1 aromatic heterocycles. The van der Waals surface area contributed by atoms with Crippen molar-refractivity contribution in [3.05, 3.63) is 48.0 Å². The molecule has 0 aliphatic carbocycles. The van der Waals surface area contributed by atoms with Gasteiger partial charge in [-0.05, 0) is 31.2 Å². The van der Waals surface area contributed by atoms with Crippen LogP contribution < -0.4 is 4.90 Å². The van der Waals surface area contributed by atoms with Gasteiger partial charge in [0.1, 0.15) is 0 Å². The van der Waals surface area contributed by atoms with E-state index in [1.165, 1.54) is 17.4 Å². The van der Waals surface area contributed by atoms with Crippen LogP contribution in [0.5, 0.6) is 0 Å². The molecule has 7 nitrogen and oxygen atoms in total. The standard InChI is InChI=1S/C19H21N5O2S/c1-14-10-21-16(11-20-14)12-24-18(25)13-27-19(24)22-15-2-4-17(5-3-15)23-6-8-26-9-7-23/h2-5,10-11H,6-9,12-13H2,1H3. The number of ether oxygens (including phenoxy) is 1. The number of carbonyl (C=O) groups is 1. The molecule has 3 heterocycles. The first-order chi connectivity index (χ1) is 13.2. The van der Waals surface area contributed by atoms with Crippen LogP contribution in [-0.4, -0.2) is 58.0 Å². The van der Waals surface area contributed by atoms with Crippen LogP contribution in [0.25, 0.3) is 0 Å². The Hall–Kier alpha value is -2.45. The van der Waals surface area contributed by atoms with Gasteiger partial charge in [-0.3, -0.25) is 19.7 Å². The molecule has 0 unspecified atom stereocenters. The zero-order valence-electron chi connectivity index (χ0n) is 15.2. The number of nitrogens with zero attached hydrogens (tertiary/aromatic N) is 5. The van der Waals surface area contributed by atoms with Crippen LogP contribution in [0.1, 0.15) is 11.4 Å². The Morgan fingerprint density at radius 1 is 1.15 bits per heavy atom. The van der Waals surface area contributed by atoms with Crippen molar-refractivity contribution in [1.82, 2.24) is 14.9 Å². The van der Waals surface area contributed by atoms with Crippen LogP contribution in [0, 0.1) is 6.92 Å². The highest BCUT2D eigenvalue weighted by Crippen LogP contribution is 2.26. The first-order valence-corrected chi connectivity index (χ1v) is 9.90. The summed E-state index contributed by atoms with van der Waals surface area (Å²) in [5.74, 6) is 0.454. The fourth-order valence-corrected chi connectivity index (χ4v) is 3.87. The first-order valence-electron chi connectivity index (χ1n) is 8.91. The maximum atomic E-state index is 12.3. The summed E-state index contributed by atoms with van der Waals surface area (Å²) < 4.78 is 5.40. The van der Waals surface area contributed by atoms with Crippen molar-refractivity contribution in [3.63, 3.8) is 0 Å². The second-order valence-electron chi connectivity index (χ2n) is 6.43. The number of anilines is 1. The third-order valence-corrected chi connectivity index (χ3v) is 5.42. The van der Waals surface area contributed by atoms with Gasteiger partial charge in [0.15, 0.2) is 5.17 Å². The predicted molar refractivity (Wildman–Crippen MR) is 106 cm³/mol. The van der Waals surface area contributed by atoms with Gasteiger partial charge in [-0.25, -0.2) is 4.99 Å². The van der Waals surface area contributed by atoms with Gasteiger partial charge in [-0.15, -0.1) is 0 Å². The molecule has 8 heteroatoms. The molecule has 2 aliphatic rings. The molecule has 2 aromatic rings. The highest BCUT2D eigenvalue weighted by atomic mass is 32.2. The van der Waals surface area contributed by atoms with Gasteiger partial charge < -0.3 is 9.64 Å². The lowest BCUT2D eigenvalue weighted by molar-refractivity contribution is -0.124. The molecule has 4 rings (SSSR count). The molecule has 0 atom stereocenters. The van der Waals surface area contributed by atoms with E-state index in [1.807, 2.05) is 19.1 Å². The van der Waals surface area contributed by atoms with E-state index in [9.17, 15) is 4.79 Å². The quantitative estimate of drug-likeness (QED) is 0.807. The maximum Gasteiger partial charge on any atom is 0.239 e. The first kappa shape index (κ1) is 17.9. The Balaban J connectivity index is 1.49. The van der Waals surface area contributed by atoms with Crippen molar-refractivity contribution in [1.29, 1.82) is 0 Å². The lowest BCUT2D eigenvalue weighted by Crippen LogP contribution is -2.36. The van der Waals surface area contributed by atoms with Crippen molar-refractivity contribution in [3.8, 4) is 0 Å². The Labute approximate surface area is 162 Å². The topological polar surface area (TPSA) is 70.9 Å². The lowest BCUT2D eigenvalue weighted by Gasteiger charge is -2.28. The predicted octanol–water partition coefficient (Wildman–Crippen LogP) is 2.38. The second-order valence-corrected chi connectivity index (χ2v) is 7.37. The number of thioether (sulfide) groups is 1. The Morgan fingerprint density at radius 2 is 1.93 bits per heavy atom. The third kappa shape index (κ3) is 4.28. The van der Waals surface area contributed by atoms with Crippen LogP contribution in [0.15, 0.2) is 41.7 Å². The van der Waals surface area contributed by atoms with Crippen LogP contribution >= 0.6 is 11.8 Å². The average molecular weight is 383 g/mol. The molecule has 2 fully saturated rings. The van der Waals surface area contributed by atoms with E-state index in [0.29, 0.717) is 17.5 Å². The van der Waals surface area contributed by atoms with E-state index >= 15 is 0 Å². The summed E-state index contributed by atoms with van der Waals surface area (Å²) in [6, 6.07) is 8.12. The van der Waals surface area contributed by atoms with Crippen LogP contribution in [0.3, 0.4) is 0 Å². The zero-order valence-corrected chi connectivity index (χ0v) is 16.0. The van der Waals surface area contributed by atoms with Gasteiger partial charge in [-0.1, -0.05) is 11.8 Å². The average Bonchev–Trinajstić information content (AvgIpc) is 3.04. The van der Waals surface area contributed by atoms with E-state index in [1.54, 1.807) is 17.3 Å². The number of amides is 1. The molecule has 1 amide bonds. The highest BCUT2D eigenvalue weighted by Gasteiger charge is 2.28. The Morgan fingerprint density at radius 3 is 2.63 bits per heavy atom. The molecule has 2 saturated heterocycles. The molecule has 0 bridgehead atoms. The number of morpholine rings is 1. The van der Waals surface area contributed by atoms with E-state index in [-0.39, 0.29) is 5.91 Å². The number of amidine groups is 1. The number of benzene rings is 1. The fourth-order valence-electron chi connectivity index (χ4n) is 2.97. The van der Waals surface area contributed by atoms with E-state index in [2.05, 4.69) is 32.0 Å². The minimum atomic E-state index is 0.0473. The number of carbonyl (C=O) groups excluding carboxylic acids is 1. The minimum absolute atomic E-state index is 0.0473. The Bertz CT molecular complexity index is 832. The van der Waals surface area contributed by atoms with Gasteiger partial charge >= 0.3 is 0 Å². The Kier molecular flexibility index (Phi) is 5.35. The summed E-state index contributed by atoms with van der Waals surface area (Å²) in [7, 11) is 0. The van der Waals surface area contributed by atoms with Gasteiger partial charge in [-0.2, -0.15) is 0 Å². The number of hydrogen-bond donors (Lipinski definition) is 0. The van der Waals surface area contributed by atoms with E-state index in [0.717, 1.165) is 43.4 Å². The summed E-state index contributed by atoms with van der Waals surface area (Å²) in [5, 5.41) is 0.710. The molecule has 140 valence electrons. The van der Waals surface area contributed by atoms with Crippen LogP contribution in [0.2, 0.25) is 0 Å². The summed E-state index contributed by atoms with van der Waals surface area (Å²) in [6.07, 6.45) is 3.42. The monoisotopic (exact) mass is 383 g/mol. The summed E-state index contributed by atoms with van der Waals surface area (Å²) in [5.41, 5.74) is 3.62. The summed E-state index contributed by atoms with van der Waals surface area (Å²) in [6.45, 7) is 5.62. The van der Waals surface area contributed by atoms with E-state index < -0.39 is 0 Å². The van der Waals surface area contributed by atoms with Gasteiger partial charge in [0.05, 0.1) is 48.8 Å². The molecule has 0 spiro atoms. The zero-order chi connectivity index (χ0) is 18.6. The van der Waals surface area contributed by atoms with Crippen molar-refractivity contribution in [2.45, 2.75) is 13.5 Å². The normalized spacial score (nSPS) is 19.1. The highest BCUT2D eigenvalue weighted by molar-refractivity contribution is 8.15.